The van der Waals surface area contributed by atoms with E-state index < -0.39 is 0 Å². The summed E-state index contributed by atoms with van der Waals surface area (Å²) in [7, 11) is 1.77. The predicted octanol–water partition coefficient (Wildman–Crippen LogP) is 1.42. The molecule has 1 fully saturated rings. The highest BCUT2D eigenvalue weighted by molar-refractivity contribution is 5.07. The maximum absolute atomic E-state index is 5.93. The van der Waals surface area contributed by atoms with Gasteiger partial charge in [0.2, 0.25) is 0 Å². The molecule has 0 bridgehead atoms. The van der Waals surface area contributed by atoms with Crippen LogP contribution in [0.3, 0.4) is 0 Å². The minimum atomic E-state index is 0.496. The molecule has 2 aliphatic rings. The Hall–Kier alpha value is -0.420. The predicted molar refractivity (Wildman–Crippen MR) is 77.5 cm³/mol. The van der Waals surface area contributed by atoms with Gasteiger partial charge in [-0.2, -0.15) is 0 Å². The van der Waals surface area contributed by atoms with Crippen molar-refractivity contribution in [3.63, 3.8) is 0 Å². The highest BCUT2D eigenvalue weighted by Gasteiger charge is 2.14. The second-order valence-electron chi connectivity index (χ2n) is 5.52. The average molecular weight is 268 g/mol. The molecule has 0 amide bonds. The lowest BCUT2D eigenvalue weighted by Gasteiger charge is -2.27. The van der Waals surface area contributed by atoms with Gasteiger partial charge in [0.05, 0.1) is 12.7 Å². The molecular formula is C15H28N2O2. The van der Waals surface area contributed by atoms with E-state index in [-0.39, 0.29) is 0 Å². The minimum Gasteiger partial charge on any atom is -0.380 e. The first kappa shape index (κ1) is 15.0. The van der Waals surface area contributed by atoms with E-state index >= 15 is 0 Å². The molecule has 0 saturated carbocycles. The van der Waals surface area contributed by atoms with E-state index in [1.54, 1.807) is 7.11 Å². The Kier molecular flexibility index (Phi) is 6.85. The highest BCUT2D eigenvalue weighted by atomic mass is 16.5. The molecule has 0 aliphatic carbocycles. The molecule has 1 N–H and O–H groups in total. The van der Waals surface area contributed by atoms with Gasteiger partial charge in [-0.3, -0.25) is 4.90 Å². The molecule has 0 aromatic carbocycles. The number of methoxy groups -OCH3 is 1. The zero-order valence-electron chi connectivity index (χ0n) is 12.2. The lowest BCUT2D eigenvalue weighted by Crippen LogP contribution is -2.34. The Balaban J connectivity index is 1.52. The molecule has 2 aliphatic heterocycles. The summed E-state index contributed by atoms with van der Waals surface area (Å²) in [5.74, 6) is 0. The molecule has 1 saturated heterocycles. The second-order valence-corrected chi connectivity index (χ2v) is 5.52. The summed E-state index contributed by atoms with van der Waals surface area (Å²) >= 11 is 0. The van der Waals surface area contributed by atoms with Crippen molar-refractivity contribution >= 4 is 0 Å². The van der Waals surface area contributed by atoms with Crippen LogP contribution in [0.4, 0.5) is 0 Å². The number of nitrogens with one attached hydrogen (secondary N) is 1. The molecule has 4 nitrogen and oxygen atoms in total. The fraction of sp³-hybridized carbons (Fsp3) is 0.867. The lowest BCUT2D eigenvalue weighted by molar-refractivity contribution is 0.0280. The zero-order chi connectivity index (χ0) is 13.3. The molecule has 0 atom stereocenters. The maximum atomic E-state index is 5.93. The average Bonchev–Trinajstić information content (AvgIpc) is 2.47. The van der Waals surface area contributed by atoms with Crippen molar-refractivity contribution in [2.45, 2.75) is 31.8 Å². The molecule has 0 aromatic rings. The molecule has 0 spiro atoms. The SMILES string of the molecule is COCC1=CCN(CCCOC2CCNCC2)CC1. The van der Waals surface area contributed by atoms with Gasteiger partial charge in [0.25, 0.3) is 0 Å². The molecular weight excluding hydrogens is 240 g/mol. The van der Waals surface area contributed by atoms with Crippen molar-refractivity contribution in [2.24, 2.45) is 0 Å². The van der Waals surface area contributed by atoms with E-state index in [1.807, 2.05) is 0 Å². The van der Waals surface area contributed by atoms with E-state index in [1.165, 1.54) is 25.0 Å². The van der Waals surface area contributed by atoms with Crippen LogP contribution in [0.15, 0.2) is 11.6 Å². The van der Waals surface area contributed by atoms with Gasteiger partial charge in [0, 0.05) is 33.4 Å². The van der Waals surface area contributed by atoms with Crippen LogP contribution in [-0.2, 0) is 9.47 Å². The first-order valence-electron chi connectivity index (χ1n) is 7.60. The molecule has 110 valence electrons. The van der Waals surface area contributed by atoms with Gasteiger partial charge >= 0.3 is 0 Å². The van der Waals surface area contributed by atoms with E-state index in [2.05, 4.69) is 16.3 Å². The molecule has 2 heterocycles. The fourth-order valence-electron chi connectivity index (χ4n) is 2.77. The highest BCUT2D eigenvalue weighted by Crippen LogP contribution is 2.12. The van der Waals surface area contributed by atoms with Crippen molar-refractivity contribution in [3.8, 4) is 0 Å². The topological polar surface area (TPSA) is 33.7 Å². The Morgan fingerprint density at radius 3 is 2.89 bits per heavy atom. The van der Waals surface area contributed by atoms with Gasteiger partial charge in [-0.25, -0.2) is 0 Å². The monoisotopic (exact) mass is 268 g/mol. The molecule has 4 heteroatoms. The second kappa shape index (κ2) is 8.69. The molecule has 2 rings (SSSR count). The van der Waals surface area contributed by atoms with Crippen LogP contribution in [0.5, 0.6) is 0 Å². The molecule has 19 heavy (non-hydrogen) atoms. The van der Waals surface area contributed by atoms with Crippen molar-refractivity contribution in [1.29, 1.82) is 0 Å². The van der Waals surface area contributed by atoms with E-state index in [4.69, 9.17) is 9.47 Å². The van der Waals surface area contributed by atoms with Gasteiger partial charge in [-0.05, 0) is 44.3 Å². The minimum absolute atomic E-state index is 0.496. The Bertz CT molecular complexity index is 275. The van der Waals surface area contributed by atoms with Crippen molar-refractivity contribution < 1.29 is 9.47 Å². The summed E-state index contributed by atoms with van der Waals surface area (Å²) in [5.41, 5.74) is 1.45. The van der Waals surface area contributed by atoms with Crippen molar-refractivity contribution in [1.82, 2.24) is 10.2 Å². The smallest absolute Gasteiger partial charge is 0.0673 e. The number of rotatable bonds is 7. The maximum Gasteiger partial charge on any atom is 0.0673 e. The Morgan fingerprint density at radius 1 is 1.37 bits per heavy atom. The lowest BCUT2D eigenvalue weighted by atomic mass is 10.1. The van der Waals surface area contributed by atoms with Gasteiger partial charge in [0.15, 0.2) is 0 Å². The van der Waals surface area contributed by atoms with E-state index in [9.17, 15) is 0 Å². The third kappa shape index (κ3) is 5.61. The number of hydrogen-bond donors (Lipinski definition) is 1. The number of hydrogen-bond acceptors (Lipinski definition) is 4. The quantitative estimate of drug-likeness (QED) is 0.559. The van der Waals surface area contributed by atoms with Crippen molar-refractivity contribution in [3.05, 3.63) is 11.6 Å². The van der Waals surface area contributed by atoms with Crippen LogP contribution in [0.2, 0.25) is 0 Å². The fourth-order valence-corrected chi connectivity index (χ4v) is 2.77. The first-order chi connectivity index (χ1) is 9.38. The normalized spacial score (nSPS) is 22.5. The summed E-state index contributed by atoms with van der Waals surface area (Å²) in [4.78, 5) is 2.50. The van der Waals surface area contributed by atoms with E-state index in [0.717, 1.165) is 52.2 Å². The summed E-state index contributed by atoms with van der Waals surface area (Å²) in [6.45, 7) is 7.34. The number of ether oxygens (including phenoxy) is 2. The molecule has 0 unspecified atom stereocenters. The summed E-state index contributed by atoms with van der Waals surface area (Å²) < 4.78 is 11.1. The third-order valence-electron chi connectivity index (χ3n) is 3.98. The number of piperidine rings is 1. The van der Waals surface area contributed by atoms with Crippen LogP contribution in [0, 0.1) is 0 Å². The zero-order valence-corrected chi connectivity index (χ0v) is 12.2. The van der Waals surface area contributed by atoms with Gasteiger partial charge in [0.1, 0.15) is 0 Å². The Morgan fingerprint density at radius 2 is 2.21 bits per heavy atom. The Labute approximate surface area is 117 Å². The summed E-state index contributed by atoms with van der Waals surface area (Å²) in [5, 5.41) is 3.37. The van der Waals surface area contributed by atoms with Crippen LogP contribution in [-0.4, -0.2) is 64.1 Å². The van der Waals surface area contributed by atoms with Crippen LogP contribution in [0.1, 0.15) is 25.7 Å². The van der Waals surface area contributed by atoms with Crippen LogP contribution < -0.4 is 5.32 Å². The van der Waals surface area contributed by atoms with Gasteiger partial charge in [-0.15, -0.1) is 0 Å². The van der Waals surface area contributed by atoms with Crippen LogP contribution >= 0.6 is 0 Å². The largest absolute Gasteiger partial charge is 0.380 e. The molecule has 0 aromatic heterocycles. The summed E-state index contributed by atoms with van der Waals surface area (Å²) in [6, 6.07) is 0. The van der Waals surface area contributed by atoms with Gasteiger partial charge in [-0.1, -0.05) is 6.08 Å². The molecule has 0 radical (unpaired) electrons. The van der Waals surface area contributed by atoms with Gasteiger partial charge < -0.3 is 14.8 Å². The standard InChI is InChI=1S/C15H28N2O2/c1-18-13-14-5-10-17(11-6-14)9-2-12-19-15-3-7-16-8-4-15/h5,15-16H,2-4,6-13H2,1H3. The summed E-state index contributed by atoms with van der Waals surface area (Å²) in [6.07, 6.45) is 7.47. The van der Waals surface area contributed by atoms with E-state index in [0.29, 0.717) is 6.10 Å². The third-order valence-corrected chi connectivity index (χ3v) is 3.98. The van der Waals surface area contributed by atoms with Crippen molar-refractivity contribution in [2.75, 3.05) is 53.0 Å². The number of nitrogens with zero attached hydrogens (tertiary/aromatic N) is 1. The first-order valence-corrected chi connectivity index (χ1v) is 7.60. The van der Waals surface area contributed by atoms with Crippen LogP contribution in [0.25, 0.3) is 0 Å².